The van der Waals surface area contributed by atoms with Gasteiger partial charge in [-0.1, -0.05) is 50.2 Å². The molecule has 1 atom stereocenters. The molecule has 3 heterocycles. The SMILES string of the molecule is CCCN(CCC)C(=O)C1=Cc2ccc(C(=O)Nc3cncc(CCC(=O)[C@H](Cc4ccccc4)NC(=O)CCOCCOCCOCCOCCNC(=O)CCN4C(=O)C=CC4=O)c3)cc2N=C(N)C1. The molecule has 0 saturated carbocycles. The van der Waals surface area contributed by atoms with Crippen molar-refractivity contribution < 1.29 is 52.5 Å². The van der Waals surface area contributed by atoms with Crippen LogP contribution >= 0.6 is 0 Å². The lowest BCUT2D eigenvalue weighted by Gasteiger charge is -2.22. The lowest BCUT2D eigenvalue weighted by Crippen LogP contribution is -2.42. The number of hydrogen-bond acceptors (Lipinski definition) is 14. The molecule has 1 aromatic heterocycles. The number of amidine groups is 1. The number of carbonyl (C=O) groups excluding carboxylic acids is 7. The second kappa shape index (κ2) is 30.0. The molecule has 0 bridgehead atoms. The third-order valence-corrected chi connectivity index (χ3v) is 11.1. The highest BCUT2D eigenvalue weighted by Gasteiger charge is 2.25. The summed E-state index contributed by atoms with van der Waals surface area (Å²) in [5, 5.41) is 8.45. The van der Waals surface area contributed by atoms with Gasteiger partial charge in [-0.15, -0.1) is 0 Å². The maximum absolute atomic E-state index is 13.7. The molecule has 0 aliphatic carbocycles. The van der Waals surface area contributed by atoms with E-state index >= 15 is 0 Å². The average molecular weight is 979 g/mol. The van der Waals surface area contributed by atoms with Crippen molar-refractivity contribution >= 4 is 64.5 Å². The van der Waals surface area contributed by atoms with E-state index in [1.54, 1.807) is 36.5 Å². The molecule has 0 spiro atoms. The Bertz CT molecular complexity index is 2370. The molecule has 19 heteroatoms. The van der Waals surface area contributed by atoms with Crippen LogP contribution in [0.5, 0.6) is 0 Å². The number of benzene rings is 2. The van der Waals surface area contributed by atoms with E-state index in [9.17, 15) is 33.6 Å². The summed E-state index contributed by atoms with van der Waals surface area (Å²) < 4.78 is 22.0. The molecular weight excluding hydrogens is 913 g/mol. The average Bonchev–Trinajstić information content (AvgIpc) is 3.58. The molecule has 0 fully saturated rings. The van der Waals surface area contributed by atoms with Gasteiger partial charge in [0.1, 0.15) is 5.84 Å². The van der Waals surface area contributed by atoms with Crippen LogP contribution in [0.1, 0.15) is 79.4 Å². The molecule has 71 heavy (non-hydrogen) atoms. The van der Waals surface area contributed by atoms with Crippen LogP contribution < -0.4 is 21.7 Å². The lowest BCUT2D eigenvalue weighted by atomic mass is 9.98. The Labute approximate surface area is 414 Å². The number of carbonyl (C=O) groups is 7. The van der Waals surface area contributed by atoms with E-state index in [4.69, 9.17) is 24.7 Å². The van der Waals surface area contributed by atoms with E-state index in [-0.39, 0.29) is 87.9 Å². The van der Waals surface area contributed by atoms with E-state index in [1.807, 2.05) is 49.1 Å². The summed E-state index contributed by atoms with van der Waals surface area (Å²) in [5.74, 6) is -1.79. The molecular formula is C52H66N8O11. The van der Waals surface area contributed by atoms with Gasteiger partial charge in [0.25, 0.3) is 17.7 Å². The fourth-order valence-electron chi connectivity index (χ4n) is 7.57. The predicted octanol–water partition coefficient (Wildman–Crippen LogP) is 3.88. The lowest BCUT2D eigenvalue weighted by molar-refractivity contribution is -0.137. The van der Waals surface area contributed by atoms with Gasteiger partial charge in [-0.05, 0) is 61.1 Å². The van der Waals surface area contributed by atoms with Crippen molar-refractivity contribution in [3.63, 3.8) is 0 Å². The summed E-state index contributed by atoms with van der Waals surface area (Å²) in [6.07, 6.45) is 10.0. The summed E-state index contributed by atoms with van der Waals surface area (Å²) in [5.41, 5.74) is 10.4. The summed E-state index contributed by atoms with van der Waals surface area (Å²) in [6, 6.07) is 15.5. The van der Waals surface area contributed by atoms with Crippen molar-refractivity contribution in [1.82, 2.24) is 25.4 Å². The van der Waals surface area contributed by atoms with Crippen molar-refractivity contribution in [2.45, 2.75) is 71.3 Å². The Morgan fingerprint density at radius 1 is 0.761 bits per heavy atom. The molecule has 6 amide bonds. The number of anilines is 1. The van der Waals surface area contributed by atoms with Gasteiger partial charge in [0.05, 0.1) is 76.5 Å². The molecule has 19 nitrogen and oxygen atoms in total. The van der Waals surface area contributed by atoms with Crippen molar-refractivity contribution in [2.24, 2.45) is 10.7 Å². The summed E-state index contributed by atoms with van der Waals surface area (Å²) in [7, 11) is 0. The normalized spacial score (nSPS) is 13.5. The molecule has 0 unspecified atom stereocenters. The summed E-state index contributed by atoms with van der Waals surface area (Å²) in [6.45, 7) is 7.99. The van der Waals surface area contributed by atoms with Crippen LogP contribution in [0.2, 0.25) is 0 Å². The van der Waals surface area contributed by atoms with Crippen molar-refractivity contribution in [1.29, 1.82) is 0 Å². The quantitative estimate of drug-likeness (QED) is 0.0513. The number of fused-ring (bicyclic) bond motifs is 1. The first kappa shape index (κ1) is 55.0. The minimum atomic E-state index is -0.772. The van der Waals surface area contributed by atoms with Gasteiger partial charge in [0.15, 0.2) is 5.78 Å². The van der Waals surface area contributed by atoms with Crippen LogP contribution in [0.4, 0.5) is 11.4 Å². The number of Topliss-reactive ketones (excluding diaryl/α,β-unsaturated/α-hetero) is 1. The molecule has 5 rings (SSSR count). The van der Waals surface area contributed by atoms with Gasteiger partial charge >= 0.3 is 0 Å². The molecule has 2 aliphatic heterocycles. The number of nitrogens with one attached hydrogen (secondary N) is 3. The molecule has 0 radical (unpaired) electrons. The van der Waals surface area contributed by atoms with Crippen LogP contribution in [0.3, 0.4) is 0 Å². The van der Waals surface area contributed by atoms with Crippen LogP contribution in [0.15, 0.2) is 89.7 Å². The largest absolute Gasteiger partial charge is 0.387 e. The Morgan fingerprint density at radius 2 is 1.42 bits per heavy atom. The van der Waals surface area contributed by atoms with Gasteiger partial charge in [0.2, 0.25) is 17.7 Å². The maximum Gasteiger partial charge on any atom is 0.255 e. The number of nitrogens with two attached hydrogens (primary N) is 1. The third kappa shape index (κ3) is 19.1. The van der Waals surface area contributed by atoms with E-state index < -0.39 is 23.8 Å². The van der Waals surface area contributed by atoms with Gasteiger partial charge in [-0.3, -0.25) is 43.4 Å². The van der Waals surface area contributed by atoms with Gasteiger partial charge in [-0.25, -0.2) is 4.99 Å². The smallest absolute Gasteiger partial charge is 0.255 e. The third-order valence-electron chi connectivity index (χ3n) is 11.1. The summed E-state index contributed by atoms with van der Waals surface area (Å²) >= 11 is 0. The second-order valence-electron chi connectivity index (χ2n) is 16.8. The molecule has 2 aliphatic rings. The van der Waals surface area contributed by atoms with Crippen LogP contribution in [0.25, 0.3) is 6.08 Å². The minimum absolute atomic E-state index is 0.0169. The van der Waals surface area contributed by atoms with Gasteiger partial charge in [0, 0.05) is 86.9 Å². The van der Waals surface area contributed by atoms with E-state index in [2.05, 4.69) is 25.9 Å². The number of ether oxygens (including phenoxy) is 4. The monoisotopic (exact) mass is 978 g/mol. The van der Waals surface area contributed by atoms with Crippen molar-refractivity contribution in [3.05, 3.63) is 107 Å². The number of rotatable bonds is 32. The van der Waals surface area contributed by atoms with Gasteiger partial charge < -0.3 is 45.5 Å². The number of ketones is 1. The fraction of sp³-hybridized carbons (Fsp3) is 0.442. The first-order valence-electron chi connectivity index (χ1n) is 24.1. The van der Waals surface area contributed by atoms with Crippen molar-refractivity contribution in [2.75, 3.05) is 84.4 Å². The van der Waals surface area contributed by atoms with Crippen molar-refractivity contribution in [3.8, 4) is 0 Å². The zero-order chi connectivity index (χ0) is 50.8. The number of aromatic nitrogens is 1. The topological polar surface area (TPSA) is 250 Å². The van der Waals surface area contributed by atoms with Crippen LogP contribution in [0, 0.1) is 0 Å². The Balaban J connectivity index is 0.979. The zero-order valence-corrected chi connectivity index (χ0v) is 40.7. The van der Waals surface area contributed by atoms with E-state index in [1.165, 1.54) is 18.3 Å². The highest BCUT2D eigenvalue weighted by Crippen LogP contribution is 2.29. The number of nitrogens with zero attached hydrogens (tertiary/aromatic N) is 4. The van der Waals surface area contributed by atoms with E-state index in [0.717, 1.165) is 28.9 Å². The highest BCUT2D eigenvalue weighted by molar-refractivity contribution is 6.13. The van der Waals surface area contributed by atoms with Crippen LogP contribution in [-0.2, 0) is 60.6 Å². The standard InChI is InChI=1S/C52H66N8O11/c1-3-19-59(20-4-2)52(67)41-32-39-11-12-40(33-43(39)57-46(53)34-41)51(66)56-42-30-38(35-54-36-42)10-13-45(61)44(31-37-8-6-5-7-9-37)58-48(63)17-22-68-24-26-70-28-29-71-27-25-69-23-18-55-47(62)16-21-60-49(64)14-15-50(60)65/h5-9,11-12,14-15,30,32-33,35-36,44H,3-4,10,13,16-29,31,34H2,1-2H3,(H2,53,57)(H,55,62)(H,56,66)(H,58,63)/t44-/m0/s1. The van der Waals surface area contributed by atoms with E-state index in [0.29, 0.717) is 87.0 Å². The first-order chi connectivity index (χ1) is 34.4. The Kier molecular flexibility index (Phi) is 23.2. The number of aryl methyl sites for hydroxylation is 1. The first-order valence-corrected chi connectivity index (χ1v) is 24.1. The fourth-order valence-corrected chi connectivity index (χ4v) is 7.57. The molecule has 0 saturated heterocycles. The Morgan fingerprint density at radius 3 is 2.10 bits per heavy atom. The van der Waals surface area contributed by atoms with Crippen LogP contribution in [-0.4, -0.2) is 147 Å². The molecule has 380 valence electrons. The highest BCUT2D eigenvalue weighted by atomic mass is 16.6. The molecule has 5 N–H and O–H groups in total. The number of hydrogen-bond donors (Lipinski definition) is 4. The Hall–Kier alpha value is -6.93. The number of pyridine rings is 1. The summed E-state index contributed by atoms with van der Waals surface area (Å²) in [4.78, 5) is 100. The second-order valence-corrected chi connectivity index (χ2v) is 16.8. The minimum Gasteiger partial charge on any atom is -0.387 e. The maximum atomic E-state index is 13.7. The van der Waals surface area contributed by atoms with Gasteiger partial charge in [-0.2, -0.15) is 0 Å². The number of amides is 6. The number of imide groups is 1. The predicted molar refractivity (Wildman–Crippen MR) is 266 cm³/mol. The number of aliphatic imine (C=N–C) groups is 1. The molecule has 2 aromatic carbocycles. The molecule has 3 aromatic rings. The zero-order valence-electron chi connectivity index (χ0n) is 40.7.